The van der Waals surface area contributed by atoms with Crippen molar-refractivity contribution in [3.8, 4) is 0 Å². The summed E-state index contributed by atoms with van der Waals surface area (Å²) < 4.78 is 6.06. The van der Waals surface area contributed by atoms with Crippen molar-refractivity contribution in [2.75, 3.05) is 25.6 Å². The second-order valence-corrected chi connectivity index (χ2v) is 14.8. The molecule has 0 aliphatic rings. The van der Waals surface area contributed by atoms with Crippen molar-refractivity contribution in [2.24, 2.45) is 0 Å². The van der Waals surface area contributed by atoms with Crippen molar-refractivity contribution in [1.82, 2.24) is 0 Å². The summed E-state index contributed by atoms with van der Waals surface area (Å²) in [6, 6.07) is 0. The molecule has 0 aromatic rings. The Balaban J connectivity index is 4.62. The molecule has 1 unspecified atom stereocenters. The van der Waals surface area contributed by atoms with E-state index in [2.05, 4.69) is 27.7 Å². The first kappa shape index (κ1) is 29.4. The van der Waals surface area contributed by atoms with E-state index in [9.17, 15) is 0 Å². The summed E-state index contributed by atoms with van der Waals surface area (Å²) in [6.07, 6.45) is 30.4. The van der Waals surface area contributed by atoms with Gasteiger partial charge in [-0.1, -0.05) is 0 Å². The van der Waals surface area contributed by atoms with Gasteiger partial charge >= 0.3 is 187 Å². The van der Waals surface area contributed by atoms with E-state index in [0.29, 0.717) is 5.85 Å². The summed E-state index contributed by atoms with van der Waals surface area (Å²) in [5, 5.41) is 0. The van der Waals surface area contributed by atoms with E-state index in [-0.39, 0.29) is 0 Å². The first-order valence-corrected chi connectivity index (χ1v) is 16.4. The molecule has 1 nitrogen and oxygen atoms in total. The summed E-state index contributed by atoms with van der Waals surface area (Å²) in [6.45, 7) is 9.38. The minimum atomic E-state index is -1.33. The number of hydrogen-bond acceptors (Lipinski definition) is 1. The van der Waals surface area contributed by atoms with Gasteiger partial charge in [0.05, 0.1) is 0 Å². The number of methoxy groups -OCH3 is 1. The molecule has 1 atom stereocenters. The summed E-state index contributed by atoms with van der Waals surface area (Å²) in [5.41, 5.74) is 0. The normalized spacial score (nSPS) is 13.7. The molecule has 0 heterocycles. The van der Waals surface area contributed by atoms with Crippen LogP contribution in [0.15, 0.2) is 0 Å². The molecule has 0 aliphatic carbocycles. The molecule has 178 valence electrons. The molecule has 0 saturated heterocycles. The van der Waals surface area contributed by atoms with Gasteiger partial charge < -0.3 is 0 Å². The molecule has 0 amide bonds. The van der Waals surface area contributed by atoms with Crippen LogP contribution in [0.1, 0.15) is 143 Å². The van der Waals surface area contributed by atoms with Gasteiger partial charge in [-0.3, -0.25) is 0 Å². The maximum atomic E-state index is 6.06. The summed E-state index contributed by atoms with van der Waals surface area (Å²) in [4.78, 5) is 0. The van der Waals surface area contributed by atoms with E-state index in [1.165, 1.54) is 134 Å². The van der Waals surface area contributed by atoms with Crippen LogP contribution in [-0.4, -0.2) is 31.4 Å². The van der Waals surface area contributed by atoms with Crippen LogP contribution in [0.4, 0.5) is 0 Å². The molecule has 0 saturated carbocycles. The number of unbranched alkanes of at least 4 members (excludes halogenated alkanes) is 15. The van der Waals surface area contributed by atoms with Crippen LogP contribution in [0.25, 0.3) is 0 Å². The molecule has 0 N–H and O–H groups in total. The molecule has 2 heteroatoms. The van der Waals surface area contributed by atoms with Crippen LogP contribution in [0, 0.1) is 0 Å². The minimum absolute atomic E-state index is 0.546. The van der Waals surface area contributed by atoms with E-state index >= 15 is 0 Å². The third-order valence-electron chi connectivity index (χ3n) is 7.30. The predicted molar refractivity (Wildman–Crippen MR) is 140 cm³/mol. The second-order valence-electron chi connectivity index (χ2n) is 9.79. The first-order valence-electron chi connectivity index (χ1n) is 13.7. The summed E-state index contributed by atoms with van der Waals surface area (Å²) in [7, 11) is 0.656. The maximum absolute atomic E-state index is 6.06. The van der Waals surface area contributed by atoms with Gasteiger partial charge in [0, 0.05) is 0 Å². The zero-order valence-corrected chi connectivity index (χ0v) is 22.3. The van der Waals surface area contributed by atoms with Gasteiger partial charge in [-0.2, -0.15) is 0 Å². The number of hydrogen-bond donors (Lipinski definition) is 0. The third kappa shape index (κ3) is 15.8. The van der Waals surface area contributed by atoms with Gasteiger partial charge in [0.25, 0.3) is 0 Å². The fraction of sp³-hybridized carbons (Fsp3) is 1.00. The molecule has 0 fully saturated rings. The van der Waals surface area contributed by atoms with Crippen LogP contribution >= 0.6 is 7.26 Å². The molecular weight excluding hydrogens is 371 g/mol. The topological polar surface area (TPSA) is 9.23 Å². The van der Waals surface area contributed by atoms with Crippen LogP contribution in [0.3, 0.4) is 0 Å². The van der Waals surface area contributed by atoms with E-state index in [1.807, 2.05) is 7.11 Å². The Kier molecular flexibility index (Phi) is 21.9. The van der Waals surface area contributed by atoms with Crippen molar-refractivity contribution in [3.63, 3.8) is 0 Å². The van der Waals surface area contributed by atoms with Gasteiger partial charge in [0.15, 0.2) is 0 Å². The average molecular weight is 431 g/mol. The molecular formula is C27H59OP. The monoisotopic (exact) mass is 430 g/mol. The van der Waals surface area contributed by atoms with E-state index in [0.717, 1.165) is 0 Å². The molecule has 0 aromatic carbocycles. The van der Waals surface area contributed by atoms with Crippen LogP contribution in [-0.2, 0) is 4.74 Å². The first-order chi connectivity index (χ1) is 14.2. The Morgan fingerprint density at radius 2 is 0.759 bits per heavy atom. The second kappa shape index (κ2) is 21.6. The Morgan fingerprint density at radius 1 is 0.483 bits per heavy atom. The Morgan fingerprint density at radius 3 is 1.03 bits per heavy atom. The molecule has 0 aliphatic heterocycles. The Labute approximate surface area is 186 Å². The Hall–Kier alpha value is 0.390. The van der Waals surface area contributed by atoms with E-state index < -0.39 is 7.26 Å². The molecule has 0 rings (SSSR count). The van der Waals surface area contributed by atoms with Gasteiger partial charge in [-0.25, -0.2) is 0 Å². The van der Waals surface area contributed by atoms with Crippen LogP contribution in [0.2, 0.25) is 0 Å². The standard InChI is InChI=1S/C27H59OP/c1-6-9-12-15-18-21-24-29(27(4)28-5,25-22-19-16-13-10-7-2)26-23-20-17-14-11-8-3/h27,29H,6-26H2,1-5H3. The molecule has 0 radical (unpaired) electrons. The van der Waals surface area contributed by atoms with Gasteiger partial charge in [-0.15, -0.1) is 0 Å². The van der Waals surface area contributed by atoms with Gasteiger partial charge in [0.1, 0.15) is 0 Å². The molecule has 0 spiro atoms. The summed E-state index contributed by atoms with van der Waals surface area (Å²) in [5.74, 6) is 0.546. The van der Waals surface area contributed by atoms with Gasteiger partial charge in [0.2, 0.25) is 0 Å². The van der Waals surface area contributed by atoms with Crippen molar-refractivity contribution in [2.45, 2.75) is 149 Å². The molecule has 0 bridgehead atoms. The molecule has 0 aromatic heterocycles. The zero-order valence-electron chi connectivity index (χ0n) is 21.3. The fourth-order valence-corrected chi connectivity index (χ4v) is 10.3. The van der Waals surface area contributed by atoms with Crippen molar-refractivity contribution in [1.29, 1.82) is 0 Å². The average Bonchev–Trinajstić information content (AvgIpc) is 2.74. The van der Waals surface area contributed by atoms with E-state index in [1.54, 1.807) is 0 Å². The molecule has 29 heavy (non-hydrogen) atoms. The van der Waals surface area contributed by atoms with Crippen molar-refractivity contribution in [3.05, 3.63) is 0 Å². The van der Waals surface area contributed by atoms with Crippen LogP contribution in [0.5, 0.6) is 0 Å². The summed E-state index contributed by atoms with van der Waals surface area (Å²) >= 11 is 0. The Bertz CT molecular complexity index is 277. The zero-order chi connectivity index (χ0) is 21.6. The van der Waals surface area contributed by atoms with Crippen LogP contribution < -0.4 is 0 Å². The predicted octanol–water partition coefficient (Wildman–Crippen LogP) is 9.81. The number of rotatable bonds is 23. The SMILES string of the molecule is CCCCCCCC[PH](CCCCCCCC)(CCCCCCCC)C(C)OC. The van der Waals surface area contributed by atoms with E-state index in [4.69, 9.17) is 4.74 Å². The van der Waals surface area contributed by atoms with Crippen molar-refractivity contribution >= 4 is 7.26 Å². The number of ether oxygens (including phenoxy) is 1. The van der Waals surface area contributed by atoms with Gasteiger partial charge in [-0.05, 0) is 0 Å². The third-order valence-corrected chi connectivity index (χ3v) is 13.3. The quantitative estimate of drug-likeness (QED) is 0.116. The van der Waals surface area contributed by atoms with Crippen molar-refractivity contribution < 1.29 is 4.74 Å². The fourth-order valence-electron chi connectivity index (χ4n) is 5.01.